The van der Waals surface area contributed by atoms with Gasteiger partial charge < -0.3 is 15.7 Å². The van der Waals surface area contributed by atoms with Gasteiger partial charge in [0, 0.05) is 13.5 Å². The molecule has 0 bridgehead atoms. The summed E-state index contributed by atoms with van der Waals surface area (Å²) in [5.74, 6) is -0.0301. The minimum Gasteiger partial charge on any atom is -0.390 e. The van der Waals surface area contributed by atoms with Crippen molar-refractivity contribution in [2.45, 2.75) is 31.8 Å². The van der Waals surface area contributed by atoms with Crippen molar-refractivity contribution in [3.8, 4) is 0 Å². The van der Waals surface area contributed by atoms with Gasteiger partial charge in [0.05, 0.1) is 5.60 Å². The highest BCUT2D eigenvalue weighted by Crippen LogP contribution is 2.21. The van der Waals surface area contributed by atoms with Crippen molar-refractivity contribution in [3.63, 3.8) is 0 Å². The molecule has 1 rings (SSSR count). The van der Waals surface area contributed by atoms with Crippen LogP contribution in [0.4, 0.5) is 0 Å². The normalized spacial score (nSPS) is 21.1. The zero-order chi connectivity index (χ0) is 9.73. The quantitative estimate of drug-likeness (QED) is 0.563. The van der Waals surface area contributed by atoms with Gasteiger partial charge in [-0.05, 0) is 32.4 Å². The SMILES string of the molecule is CC(=O)NCCC1(O)CCNCC1. The highest BCUT2D eigenvalue weighted by molar-refractivity contribution is 5.72. The zero-order valence-corrected chi connectivity index (χ0v) is 8.10. The maximum Gasteiger partial charge on any atom is 0.216 e. The van der Waals surface area contributed by atoms with Crippen molar-refractivity contribution < 1.29 is 9.90 Å². The van der Waals surface area contributed by atoms with E-state index in [0.717, 1.165) is 25.9 Å². The highest BCUT2D eigenvalue weighted by atomic mass is 16.3. The molecule has 1 fully saturated rings. The first-order valence-corrected chi connectivity index (χ1v) is 4.80. The second kappa shape index (κ2) is 4.58. The molecule has 4 nitrogen and oxygen atoms in total. The first-order valence-electron chi connectivity index (χ1n) is 4.80. The molecule has 0 aliphatic carbocycles. The molecule has 13 heavy (non-hydrogen) atoms. The fourth-order valence-corrected chi connectivity index (χ4v) is 1.61. The zero-order valence-electron chi connectivity index (χ0n) is 8.10. The minimum atomic E-state index is -0.562. The van der Waals surface area contributed by atoms with Gasteiger partial charge in [-0.25, -0.2) is 0 Å². The summed E-state index contributed by atoms with van der Waals surface area (Å²) in [6.07, 6.45) is 2.23. The van der Waals surface area contributed by atoms with E-state index in [9.17, 15) is 9.90 Å². The lowest BCUT2D eigenvalue weighted by molar-refractivity contribution is -0.119. The van der Waals surface area contributed by atoms with Gasteiger partial charge in [0.15, 0.2) is 0 Å². The van der Waals surface area contributed by atoms with E-state index in [1.807, 2.05) is 0 Å². The van der Waals surface area contributed by atoms with Crippen molar-refractivity contribution in [3.05, 3.63) is 0 Å². The van der Waals surface area contributed by atoms with Gasteiger partial charge in [0.2, 0.25) is 5.91 Å². The number of piperidine rings is 1. The summed E-state index contributed by atoms with van der Waals surface area (Å²) in [5.41, 5.74) is -0.562. The van der Waals surface area contributed by atoms with Gasteiger partial charge in [-0.1, -0.05) is 0 Å². The number of carbonyl (C=O) groups excluding carboxylic acids is 1. The summed E-state index contributed by atoms with van der Waals surface area (Å²) < 4.78 is 0. The molecule has 0 aromatic heterocycles. The van der Waals surface area contributed by atoms with Crippen LogP contribution in [0, 0.1) is 0 Å². The average Bonchev–Trinajstić information content (AvgIpc) is 2.04. The van der Waals surface area contributed by atoms with E-state index in [1.54, 1.807) is 0 Å². The molecule has 0 saturated carbocycles. The first kappa shape index (κ1) is 10.5. The topological polar surface area (TPSA) is 61.4 Å². The van der Waals surface area contributed by atoms with E-state index >= 15 is 0 Å². The maximum absolute atomic E-state index is 10.6. The van der Waals surface area contributed by atoms with Gasteiger partial charge >= 0.3 is 0 Å². The summed E-state index contributed by atoms with van der Waals surface area (Å²) in [6.45, 7) is 3.81. The largest absolute Gasteiger partial charge is 0.390 e. The van der Waals surface area contributed by atoms with Crippen molar-refractivity contribution in [2.75, 3.05) is 19.6 Å². The predicted octanol–water partition coefficient (Wildman–Crippen LogP) is -0.373. The predicted molar refractivity (Wildman–Crippen MR) is 50.4 cm³/mol. The van der Waals surface area contributed by atoms with Gasteiger partial charge in [-0.15, -0.1) is 0 Å². The van der Waals surface area contributed by atoms with Crippen LogP contribution >= 0.6 is 0 Å². The fraction of sp³-hybridized carbons (Fsp3) is 0.889. The van der Waals surface area contributed by atoms with E-state index in [1.165, 1.54) is 6.92 Å². The lowest BCUT2D eigenvalue weighted by atomic mass is 9.89. The van der Waals surface area contributed by atoms with Crippen LogP contribution in [0.5, 0.6) is 0 Å². The molecule has 1 amide bonds. The van der Waals surface area contributed by atoms with Gasteiger partial charge in [-0.3, -0.25) is 4.79 Å². The molecule has 0 spiro atoms. The third kappa shape index (κ3) is 3.74. The van der Waals surface area contributed by atoms with Crippen LogP contribution in [0.3, 0.4) is 0 Å². The van der Waals surface area contributed by atoms with E-state index < -0.39 is 5.60 Å². The molecular weight excluding hydrogens is 168 g/mol. The van der Waals surface area contributed by atoms with Crippen molar-refractivity contribution in [1.82, 2.24) is 10.6 Å². The maximum atomic E-state index is 10.6. The summed E-state index contributed by atoms with van der Waals surface area (Å²) in [6, 6.07) is 0. The lowest BCUT2D eigenvalue weighted by Crippen LogP contribution is -2.43. The molecule has 1 aliphatic heterocycles. The Morgan fingerprint density at radius 1 is 1.54 bits per heavy atom. The Hall–Kier alpha value is -0.610. The number of amides is 1. The molecule has 76 valence electrons. The van der Waals surface area contributed by atoms with Crippen LogP contribution in [0.25, 0.3) is 0 Å². The van der Waals surface area contributed by atoms with Crippen LogP contribution in [0.1, 0.15) is 26.2 Å². The molecule has 0 aromatic rings. The van der Waals surface area contributed by atoms with Gasteiger partial charge in [0.25, 0.3) is 0 Å². The summed E-state index contributed by atoms with van der Waals surface area (Å²) in [5, 5.41) is 15.9. The molecule has 1 saturated heterocycles. The summed E-state index contributed by atoms with van der Waals surface area (Å²) in [7, 11) is 0. The van der Waals surface area contributed by atoms with Crippen molar-refractivity contribution in [2.24, 2.45) is 0 Å². The number of hydrogen-bond donors (Lipinski definition) is 3. The third-order valence-corrected chi connectivity index (χ3v) is 2.50. The van der Waals surface area contributed by atoms with Crippen LogP contribution in [0.2, 0.25) is 0 Å². The number of aliphatic hydroxyl groups is 1. The molecule has 0 radical (unpaired) electrons. The standard InChI is InChI=1S/C9H18N2O2/c1-8(12)11-7-4-9(13)2-5-10-6-3-9/h10,13H,2-7H2,1H3,(H,11,12). The lowest BCUT2D eigenvalue weighted by Gasteiger charge is -2.32. The third-order valence-electron chi connectivity index (χ3n) is 2.50. The number of rotatable bonds is 3. The second-order valence-corrected chi connectivity index (χ2v) is 3.71. The van der Waals surface area contributed by atoms with Crippen LogP contribution in [-0.2, 0) is 4.79 Å². The Morgan fingerprint density at radius 3 is 2.69 bits per heavy atom. The molecule has 4 heteroatoms. The molecule has 3 N–H and O–H groups in total. The van der Waals surface area contributed by atoms with Gasteiger partial charge in [-0.2, -0.15) is 0 Å². The Bertz CT molecular complexity index is 176. The van der Waals surface area contributed by atoms with E-state index in [-0.39, 0.29) is 5.91 Å². The Kier molecular flexibility index (Phi) is 3.69. The van der Waals surface area contributed by atoms with Crippen molar-refractivity contribution in [1.29, 1.82) is 0 Å². The van der Waals surface area contributed by atoms with Crippen molar-refractivity contribution >= 4 is 5.91 Å². The molecule has 1 aliphatic rings. The fourth-order valence-electron chi connectivity index (χ4n) is 1.61. The molecule has 1 heterocycles. The monoisotopic (exact) mass is 186 g/mol. The number of hydrogen-bond acceptors (Lipinski definition) is 3. The number of nitrogens with one attached hydrogen (secondary N) is 2. The second-order valence-electron chi connectivity index (χ2n) is 3.71. The smallest absolute Gasteiger partial charge is 0.216 e. The molecule has 0 aromatic carbocycles. The van der Waals surface area contributed by atoms with Gasteiger partial charge in [0.1, 0.15) is 0 Å². The van der Waals surface area contributed by atoms with E-state index in [2.05, 4.69) is 10.6 Å². The van der Waals surface area contributed by atoms with Crippen LogP contribution < -0.4 is 10.6 Å². The summed E-state index contributed by atoms with van der Waals surface area (Å²) >= 11 is 0. The minimum absolute atomic E-state index is 0.0301. The van der Waals surface area contributed by atoms with Crippen LogP contribution in [0.15, 0.2) is 0 Å². The Morgan fingerprint density at radius 2 is 2.15 bits per heavy atom. The average molecular weight is 186 g/mol. The first-order chi connectivity index (χ1) is 6.12. The van der Waals surface area contributed by atoms with E-state index in [4.69, 9.17) is 0 Å². The molecule has 0 atom stereocenters. The molecule has 0 unspecified atom stereocenters. The number of carbonyl (C=O) groups is 1. The van der Waals surface area contributed by atoms with E-state index in [0.29, 0.717) is 13.0 Å². The Balaban J connectivity index is 2.21. The van der Waals surface area contributed by atoms with Crippen LogP contribution in [-0.4, -0.2) is 36.2 Å². The Labute approximate surface area is 78.7 Å². The highest BCUT2D eigenvalue weighted by Gasteiger charge is 2.28. The molecular formula is C9H18N2O2. The summed E-state index contributed by atoms with van der Waals surface area (Å²) in [4.78, 5) is 10.6.